The van der Waals surface area contributed by atoms with E-state index in [0.29, 0.717) is 5.92 Å². The second kappa shape index (κ2) is 9.77. The number of nitrogens with zero attached hydrogens (tertiary/aromatic N) is 2. The Morgan fingerprint density at radius 2 is 1.88 bits per heavy atom. The van der Waals surface area contributed by atoms with Crippen LogP contribution in [0.3, 0.4) is 0 Å². The van der Waals surface area contributed by atoms with Crippen LogP contribution in [0, 0.1) is 11.3 Å². The molecule has 0 saturated carbocycles. The molecule has 3 nitrogen and oxygen atoms in total. The van der Waals surface area contributed by atoms with Gasteiger partial charge in [0.15, 0.2) is 0 Å². The van der Waals surface area contributed by atoms with E-state index in [1.807, 2.05) is 0 Å². The SMILES string of the molecule is CCCCCCCCC(C)c1c(NCC)c2n(c1C#N)CCCC2. The van der Waals surface area contributed by atoms with Gasteiger partial charge in [0.2, 0.25) is 0 Å². The monoisotopic (exact) mass is 329 g/mol. The van der Waals surface area contributed by atoms with Crippen LogP contribution in [0.1, 0.15) is 101 Å². The summed E-state index contributed by atoms with van der Waals surface area (Å²) >= 11 is 0. The number of hydrogen-bond donors (Lipinski definition) is 1. The molecule has 134 valence electrons. The molecule has 1 atom stereocenters. The van der Waals surface area contributed by atoms with Crippen LogP contribution in [0.25, 0.3) is 0 Å². The summed E-state index contributed by atoms with van der Waals surface area (Å²) in [6.45, 7) is 8.68. The molecule has 0 saturated heterocycles. The lowest BCUT2D eigenvalue weighted by Crippen LogP contribution is -2.12. The highest BCUT2D eigenvalue weighted by atomic mass is 15.0. The van der Waals surface area contributed by atoms with Crippen LogP contribution in [0.5, 0.6) is 0 Å². The average molecular weight is 330 g/mol. The van der Waals surface area contributed by atoms with Gasteiger partial charge in [-0.3, -0.25) is 0 Å². The zero-order valence-corrected chi connectivity index (χ0v) is 16.0. The van der Waals surface area contributed by atoms with Crippen molar-refractivity contribution in [2.24, 2.45) is 0 Å². The smallest absolute Gasteiger partial charge is 0.126 e. The molecule has 0 radical (unpaired) electrons. The first-order chi connectivity index (χ1) is 11.7. The van der Waals surface area contributed by atoms with E-state index in [-0.39, 0.29) is 0 Å². The molecule has 1 aliphatic rings. The van der Waals surface area contributed by atoms with Crippen molar-refractivity contribution < 1.29 is 0 Å². The van der Waals surface area contributed by atoms with Gasteiger partial charge in [-0.25, -0.2) is 0 Å². The van der Waals surface area contributed by atoms with Gasteiger partial charge in [0.05, 0.1) is 5.69 Å². The van der Waals surface area contributed by atoms with E-state index in [1.165, 1.54) is 74.7 Å². The Labute approximate surface area is 148 Å². The number of rotatable bonds is 10. The summed E-state index contributed by atoms with van der Waals surface area (Å²) in [7, 11) is 0. The Kier molecular flexibility index (Phi) is 7.69. The van der Waals surface area contributed by atoms with Gasteiger partial charge >= 0.3 is 0 Å². The zero-order valence-electron chi connectivity index (χ0n) is 16.0. The second-order valence-electron chi connectivity index (χ2n) is 7.29. The van der Waals surface area contributed by atoms with Crippen LogP contribution in [0.2, 0.25) is 0 Å². The number of nitriles is 1. The maximum Gasteiger partial charge on any atom is 0.126 e. The van der Waals surface area contributed by atoms with E-state index >= 15 is 0 Å². The van der Waals surface area contributed by atoms with Crippen LogP contribution in [-0.4, -0.2) is 11.1 Å². The summed E-state index contributed by atoms with van der Waals surface area (Å²) in [6.07, 6.45) is 12.8. The van der Waals surface area contributed by atoms with Crippen molar-refractivity contribution in [3.8, 4) is 6.07 Å². The van der Waals surface area contributed by atoms with Gasteiger partial charge in [-0.05, 0) is 38.5 Å². The van der Waals surface area contributed by atoms with E-state index in [9.17, 15) is 5.26 Å². The number of hydrogen-bond acceptors (Lipinski definition) is 2. The maximum absolute atomic E-state index is 9.77. The van der Waals surface area contributed by atoms with Crippen LogP contribution in [0.15, 0.2) is 0 Å². The molecular weight excluding hydrogens is 294 g/mol. The molecule has 0 aliphatic carbocycles. The standard InChI is InChI=1S/C21H35N3/c1-4-6-7-8-9-10-13-17(3)20-19(16-22)24-15-12-11-14-18(24)21(20)23-5-2/h17,23H,4-15H2,1-3H3. The third-order valence-electron chi connectivity index (χ3n) is 5.40. The molecule has 0 bridgehead atoms. The van der Waals surface area contributed by atoms with Gasteiger partial charge in [0.1, 0.15) is 11.8 Å². The number of unbranched alkanes of at least 4 members (excludes halogenated alkanes) is 5. The Balaban J connectivity index is 2.09. The predicted molar refractivity (Wildman–Crippen MR) is 103 cm³/mol. The van der Waals surface area contributed by atoms with E-state index < -0.39 is 0 Å². The van der Waals surface area contributed by atoms with Crippen molar-refractivity contribution in [1.82, 2.24) is 4.57 Å². The third-order valence-corrected chi connectivity index (χ3v) is 5.40. The minimum atomic E-state index is 0.470. The van der Waals surface area contributed by atoms with Crippen LogP contribution < -0.4 is 5.32 Å². The van der Waals surface area contributed by atoms with Gasteiger partial charge < -0.3 is 9.88 Å². The van der Waals surface area contributed by atoms with Gasteiger partial charge in [-0.2, -0.15) is 5.26 Å². The lowest BCUT2D eigenvalue weighted by atomic mass is 9.93. The Morgan fingerprint density at radius 3 is 2.58 bits per heavy atom. The quantitative estimate of drug-likeness (QED) is 0.536. The third kappa shape index (κ3) is 4.35. The van der Waals surface area contributed by atoms with Gasteiger partial charge in [0.25, 0.3) is 0 Å². The fourth-order valence-electron chi connectivity index (χ4n) is 4.11. The summed E-state index contributed by atoms with van der Waals surface area (Å²) < 4.78 is 2.30. The summed E-state index contributed by atoms with van der Waals surface area (Å²) in [5, 5.41) is 13.4. The van der Waals surface area contributed by atoms with E-state index in [1.54, 1.807) is 0 Å². The van der Waals surface area contributed by atoms with Crippen molar-refractivity contribution in [2.75, 3.05) is 11.9 Å². The van der Waals surface area contributed by atoms with Crippen molar-refractivity contribution in [2.45, 2.75) is 97.4 Å². The summed E-state index contributed by atoms with van der Waals surface area (Å²) in [5.74, 6) is 0.470. The lowest BCUT2D eigenvalue weighted by molar-refractivity contribution is 0.527. The van der Waals surface area contributed by atoms with E-state index in [2.05, 4.69) is 36.7 Å². The molecule has 1 unspecified atom stereocenters. The summed E-state index contributed by atoms with van der Waals surface area (Å²) in [6, 6.07) is 2.52. The van der Waals surface area contributed by atoms with Crippen LogP contribution >= 0.6 is 0 Å². The summed E-state index contributed by atoms with van der Waals surface area (Å²) in [4.78, 5) is 0. The van der Waals surface area contributed by atoms with Crippen molar-refractivity contribution in [3.63, 3.8) is 0 Å². The predicted octanol–water partition coefficient (Wildman–Crippen LogP) is 5.98. The average Bonchev–Trinajstić information content (AvgIpc) is 2.92. The first-order valence-corrected chi connectivity index (χ1v) is 10.1. The molecule has 0 amide bonds. The molecule has 24 heavy (non-hydrogen) atoms. The Hall–Kier alpha value is -1.43. The first-order valence-electron chi connectivity index (χ1n) is 10.1. The van der Waals surface area contributed by atoms with Gasteiger partial charge in [-0.15, -0.1) is 0 Å². The first kappa shape index (κ1) is 18.9. The molecule has 1 aromatic rings. The van der Waals surface area contributed by atoms with Crippen molar-refractivity contribution in [3.05, 3.63) is 17.0 Å². The topological polar surface area (TPSA) is 40.8 Å². The molecule has 0 aromatic carbocycles. The zero-order chi connectivity index (χ0) is 17.4. The number of fused-ring (bicyclic) bond motifs is 1. The molecule has 0 fully saturated rings. The van der Waals surface area contributed by atoms with Crippen molar-refractivity contribution >= 4 is 5.69 Å². The summed E-state index contributed by atoms with van der Waals surface area (Å²) in [5.41, 5.74) is 4.89. The maximum atomic E-state index is 9.77. The molecule has 2 heterocycles. The second-order valence-corrected chi connectivity index (χ2v) is 7.29. The molecule has 3 heteroatoms. The Morgan fingerprint density at radius 1 is 1.12 bits per heavy atom. The normalized spacial score (nSPS) is 14.9. The largest absolute Gasteiger partial charge is 0.384 e. The molecule has 0 spiro atoms. The molecule has 1 aromatic heterocycles. The fourth-order valence-corrected chi connectivity index (χ4v) is 4.11. The molecular formula is C21H35N3. The highest BCUT2D eigenvalue weighted by Crippen LogP contribution is 2.39. The number of anilines is 1. The lowest BCUT2D eigenvalue weighted by Gasteiger charge is -2.17. The molecule has 1 N–H and O–H groups in total. The molecule has 2 rings (SSSR count). The fraction of sp³-hybridized carbons (Fsp3) is 0.762. The van der Waals surface area contributed by atoms with Crippen molar-refractivity contribution in [1.29, 1.82) is 5.26 Å². The van der Waals surface area contributed by atoms with E-state index in [4.69, 9.17) is 0 Å². The minimum absolute atomic E-state index is 0.470. The number of nitrogens with one attached hydrogen (secondary N) is 1. The van der Waals surface area contributed by atoms with Crippen LogP contribution in [-0.2, 0) is 13.0 Å². The van der Waals surface area contributed by atoms with Gasteiger partial charge in [-0.1, -0.05) is 52.4 Å². The van der Waals surface area contributed by atoms with Gasteiger partial charge in [0, 0.05) is 24.3 Å². The minimum Gasteiger partial charge on any atom is -0.384 e. The number of aromatic nitrogens is 1. The highest BCUT2D eigenvalue weighted by molar-refractivity contribution is 5.64. The Bertz CT molecular complexity index is 550. The van der Waals surface area contributed by atoms with E-state index in [0.717, 1.165) is 25.2 Å². The van der Waals surface area contributed by atoms with Crippen LogP contribution in [0.4, 0.5) is 5.69 Å². The highest BCUT2D eigenvalue weighted by Gasteiger charge is 2.27. The molecule has 1 aliphatic heterocycles.